The maximum absolute atomic E-state index is 12.4. The Labute approximate surface area is 162 Å². The normalized spacial score (nSPS) is 11.0. The summed E-state index contributed by atoms with van der Waals surface area (Å²) in [6.45, 7) is 1.88. The van der Waals surface area contributed by atoms with Crippen LogP contribution in [0.2, 0.25) is 5.02 Å². The van der Waals surface area contributed by atoms with E-state index in [4.69, 9.17) is 16.3 Å². The molecule has 7 heteroatoms. The average Bonchev–Trinajstić information content (AvgIpc) is 2.64. The van der Waals surface area contributed by atoms with Gasteiger partial charge in [-0.3, -0.25) is 4.72 Å². The Hall–Kier alpha value is -2.83. The van der Waals surface area contributed by atoms with Crippen LogP contribution >= 0.6 is 11.6 Å². The molecule has 0 aliphatic heterocycles. The summed E-state index contributed by atoms with van der Waals surface area (Å²) >= 11 is 5.79. The second-order valence-electron chi connectivity index (χ2n) is 5.84. The van der Waals surface area contributed by atoms with Crippen LogP contribution in [-0.4, -0.2) is 14.4 Å². The summed E-state index contributed by atoms with van der Waals surface area (Å²) in [5.41, 5.74) is 1.70. The number of nitrogens with one attached hydrogen (secondary N) is 1. The van der Waals surface area contributed by atoms with Crippen LogP contribution in [0.5, 0.6) is 5.75 Å². The second-order valence-corrected chi connectivity index (χ2v) is 7.96. The highest BCUT2D eigenvalue weighted by Gasteiger charge is 2.14. The third kappa shape index (κ3) is 4.87. The van der Waals surface area contributed by atoms with E-state index in [9.17, 15) is 13.2 Å². The van der Waals surface area contributed by atoms with Crippen LogP contribution in [0.3, 0.4) is 0 Å². The van der Waals surface area contributed by atoms with Gasteiger partial charge in [-0.15, -0.1) is 0 Å². The Balaban J connectivity index is 1.69. The Kier molecular flexibility index (Phi) is 5.48. The van der Waals surface area contributed by atoms with Crippen molar-refractivity contribution in [1.82, 2.24) is 0 Å². The maximum atomic E-state index is 12.4. The first kappa shape index (κ1) is 18.9. The second kappa shape index (κ2) is 7.82. The summed E-state index contributed by atoms with van der Waals surface area (Å²) in [7, 11) is -3.68. The molecule has 3 rings (SSSR count). The molecule has 0 saturated heterocycles. The first-order chi connectivity index (χ1) is 12.8. The summed E-state index contributed by atoms with van der Waals surface area (Å²) in [6, 6.07) is 18.9. The van der Waals surface area contributed by atoms with Crippen molar-refractivity contribution in [3.8, 4) is 5.75 Å². The van der Waals surface area contributed by atoms with E-state index < -0.39 is 16.0 Å². The zero-order valence-corrected chi connectivity index (χ0v) is 15.9. The van der Waals surface area contributed by atoms with Crippen molar-refractivity contribution in [1.29, 1.82) is 0 Å². The van der Waals surface area contributed by atoms with Crippen LogP contribution in [0.25, 0.3) is 0 Å². The highest BCUT2D eigenvalue weighted by molar-refractivity contribution is 7.92. The zero-order chi connectivity index (χ0) is 19.4. The van der Waals surface area contributed by atoms with Gasteiger partial charge in [-0.1, -0.05) is 29.3 Å². The molecule has 5 nitrogen and oxygen atoms in total. The van der Waals surface area contributed by atoms with Gasteiger partial charge in [0.05, 0.1) is 10.5 Å². The lowest BCUT2D eigenvalue weighted by atomic mass is 10.2. The van der Waals surface area contributed by atoms with Crippen LogP contribution in [0, 0.1) is 6.92 Å². The van der Waals surface area contributed by atoms with Gasteiger partial charge in [-0.05, 0) is 67.6 Å². The van der Waals surface area contributed by atoms with E-state index in [-0.39, 0.29) is 4.90 Å². The number of hydrogen-bond acceptors (Lipinski definition) is 4. The van der Waals surface area contributed by atoms with E-state index in [1.807, 2.05) is 6.92 Å². The third-order valence-corrected chi connectivity index (χ3v) is 5.38. The molecule has 1 N–H and O–H groups in total. The maximum Gasteiger partial charge on any atom is 0.343 e. The number of halogens is 1. The third-order valence-electron chi connectivity index (χ3n) is 3.73. The van der Waals surface area contributed by atoms with Gasteiger partial charge in [0.25, 0.3) is 10.0 Å². The van der Waals surface area contributed by atoms with E-state index in [0.717, 1.165) is 5.56 Å². The fourth-order valence-electron chi connectivity index (χ4n) is 2.27. The Morgan fingerprint density at radius 3 is 2.07 bits per heavy atom. The summed E-state index contributed by atoms with van der Waals surface area (Å²) in [4.78, 5) is 12.2. The predicted octanol–water partition coefficient (Wildman–Crippen LogP) is 4.67. The van der Waals surface area contributed by atoms with Gasteiger partial charge in [0.1, 0.15) is 5.75 Å². The molecule has 0 atom stereocenters. The van der Waals surface area contributed by atoms with Crippen LogP contribution in [0.4, 0.5) is 5.69 Å². The Morgan fingerprint density at radius 1 is 0.889 bits per heavy atom. The van der Waals surface area contributed by atoms with Crippen LogP contribution in [0.1, 0.15) is 15.9 Å². The molecule has 138 valence electrons. The van der Waals surface area contributed by atoms with Gasteiger partial charge in [0.2, 0.25) is 0 Å². The van der Waals surface area contributed by atoms with Gasteiger partial charge in [-0.2, -0.15) is 0 Å². The molecule has 0 bridgehead atoms. The lowest BCUT2D eigenvalue weighted by molar-refractivity contribution is 0.0735. The number of sulfonamides is 1. The summed E-state index contributed by atoms with van der Waals surface area (Å²) < 4.78 is 32.5. The number of carbonyl (C=O) groups is 1. The van der Waals surface area contributed by atoms with Crippen LogP contribution in [-0.2, 0) is 10.0 Å². The monoisotopic (exact) mass is 401 g/mol. The van der Waals surface area contributed by atoms with Crippen molar-refractivity contribution >= 4 is 33.3 Å². The van der Waals surface area contributed by atoms with E-state index >= 15 is 0 Å². The Bertz CT molecular complexity index is 1040. The SMILES string of the molecule is Cc1ccc(S(=O)(=O)Nc2ccc(OC(=O)c3ccc(Cl)cc3)cc2)cc1. The van der Waals surface area contributed by atoms with E-state index in [0.29, 0.717) is 22.0 Å². The van der Waals surface area contributed by atoms with E-state index in [1.54, 1.807) is 48.5 Å². The van der Waals surface area contributed by atoms with Crippen molar-refractivity contribution in [3.63, 3.8) is 0 Å². The summed E-state index contributed by atoms with van der Waals surface area (Å²) in [5, 5.41) is 0.525. The number of carbonyl (C=O) groups excluding carboxylic acids is 1. The lowest BCUT2D eigenvalue weighted by Gasteiger charge is -2.09. The number of ether oxygens (including phenoxy) is 1. The smallest absolute Gasteiger partial charge is 0.343 e. The molecule has 0 saturated carbocycles. The van der Waals surface area contributed by atoms with E-state index in [2.05, 4.69) is 4.72 Å². The molecule has 0 aliphatic rings. The molecule has 0 spiro atoms. The first-order valence-corrected chi connectivity index (χ1v) is 9.87. The van der Waals surface area contributed by atoms with Crippen molar-refractivity contribution < 1.29 is 17.9 Å². The van der Waals surface area contributed by atoms with Crippen molar-refractivity contribution in [2.75, 3.05) is 4.72 Å². The topological polar surface area (TPSA) is 72.5 Å². The van der Waals surface area contributed by atoms with Crippen LogP contribution in [0.15, 0.2) is 77.7 Å². The number of hydrogen-bond donors (Lipinski definition) is 1. The minimum Gasteiger partial charge on any atom is -0.423 e. The quantitative estimate of drug-likeness (QED) is 0.498. The highest BCUT2D eigenvalue weighted by Crippen LogP contribution is 2.21. The minimum atomic E-state index is -3.68. The molecule has 0 unspecified atom stereocenters. The lowest BCUT2D eigenvalue weighted by Crippen LogP contribution is -2.13. The predicted molar refractivity (Wildman–Crippen MR) is 105 cm³/mol. The molecule has 0 aliphatic carbocycles. The minimum absolute atomic E-state index is 0.173. The fraction of sp³-hybridized carbons (Fsp3) is 0.0500. The number of anilines is 1. The van der Waals surface area contributed by atoms with E-state index in [1.165, 1.54) is 24.3 Å². The van der Waals surface area contributed by atoms with Crippen molar-refractivity contribution in [3.05, 3.63) is 88.9 Å². The molecular weight excluding hydrogens is 386 g/mol. The average molecular weight is 402 g/mol. The highest BCUT2D eigenvalue weighted by atomic mass is 35.5. The molecule has 0 aromatic heterocycles. The summed E-state index contributed by atoms with van der Waals surface area (Å²) in [5.74, 6) is -0.229. The number of rotatable bonds is 5. The molecule has 27 heavy (non-hydrogen) atoms. The van der Waals surface area contributed by atoms with Gasteiger partial charge in [-0.25, -0.2) is 13.2 Å². The van der Waals surface area contributed by atoms with Crippen molar-refractivity contribution in [2.24, 2.45) is 0 Å². The number of benzene rings is 3. The van der Waals surface area contributed by atoms with Gasteiger partial charge < -0.3 is 4.74 Å². The Morgan fingerprint density at radius 2 is 1.48 bits per heavy atom. The molecule has 0 heterocycles. The molecule has 0 fully saturated rings. The van der Waals surface area contributed by atoms with Gasteiger partial charge in [0, 0.05) is 10.7 Å². The van der Waals surface area contributed by atoms with Gasteiger partial charge in [0.15, 0.2) is 0 Å². The van der Waals surface area contributed by atoms with Crippen LogP contribution < -0.4 is 9.46 Å². The summed E-state index contributed by atoms with van der Waals surface area (Å²) in [6.07, 6.45) is 0. The number of aryl methyl sites for hydroxylation is 1. The van der Waals surface area contributed by atoms with Gasteiger partial charge >= 0.3 is 5.97 Å². The zero-order valence-electron chi connectivity index (χ0n) is 14.3. The largest absolute Gasteiger partial charge is 0.423 e. The fourth-order valence-corrected chi connectivity index (χ4v) is 3.46. The standard InChI is InChI=1S/C20H16ClNO4S/c1-14-2-12-19(13-3-14)27(24,25)22-17-8-10-18(11-9-17)26-20(23)15-4-6-16(21)7-5-15/h2-13,22H,1H3. The molecular formula is C20H16ClNO4S. The molecule has 3 aromatic rings. The molecule has 3 aromatic carbocycles. The molecule has 0 amide bonds. The van der Waals surface area contributed by atoms with Crippen molar-refractivity contribution in [2.45, 2.75) is 11.8 Å². The number of esters is 1. The molecule has 0 radical (unpaired) electrons. The first-order valence-electron chi connectivity index (χ1n) is 8.01.